The van der Waals surface area contributed by atoms with Crippen LogP contribution in [0.3, 0.4) is 0 Å². The number of nitrogens with one attached hydrogen (secondary N) is 1. The van der Waals surface area contributed by atoms with Crippen molar-refractivity contribution in [3.63, 3.8) is 0 Å². The summed E-state index contributed by atoms with van der Waals surface area (Å²) in [5.41, 5.74) is 0. The minimum Gasteiger partial charge on any atom is -0.394 e. The van der Waals surface area contributed by atoms with Gasteiger partial charge in [-0.3, -0.25) is 4.79 Å². The second kappa shape index (κ2) is 30.9. The van der Waals surface area contributed by atoms with Gasteiger partial charge in [-0.05, 0) is 12.8 Å². The zero-order chi connectivity index (χ0) is 27.9. The topological polar surface area (TPSA) is 69.6 Å². The van der Waals surface area contributed by atoms with E-state index < -0.39 is 12.1 Å². The maximum Gasteiger partial charge on any atom is 0.220 e. The molecule has 0 aromatic rings. The molecular weight excluding hydrogens is 470 g/mol. The minimum absolute atomic E-state index is 0.0397. The van der Waals surface area contributed by atoms with Crippen molar-refractivity contribution in [2.24, 2.45) is 0 Å². The van der Waals surface area contributed by atoms with E-state index >= 15 is 0 Å². The van der Waals surface area contributed by atoms with E-state index in [2.05, 4.69) is 19.2 Å². The van der Waals surface area contributed by atoms with Crippen LogP contribution in [0.15, 0.2) is 0 Å². The van der Waals surface area contributed by atoms with E-state index in [1.54, 1.807) is 0 Å². The summed E-state index contributed by atoms with van der Waals surface area (Å²) in [4.78, 5) is 12.1. The number of aliphatic hydroxyl groups excluding tert-OH is 2. The molecule has 4 nitrogen and oxygen atoms in total. The van der Waals surface area contributed by atoms with Gasteiger partial charge in [-0.15, -0.1) is 0 Å². The quantitative estimate of drug-likeness (QED) is 0.0768. The summed E-state index contributed by atoms with van der Waals surface area (Å²) in [6.07, 6.45) is 35.1. The number of unbranched alkanes of at least 4 members (excludes halogenated alkanes) is 24. The van der Waals surface area contributed by atoms with E-state index in [9.17, 15) is 15.0 Å². The molecule has 0 bridgehead atoms. The highest BCUT2D eigenvalue weighted by Gasteiger charge is 2.19. The molecule has 2 unspecified atom stereocenters. The van der Waals surface area contributed by atoms with Crippen LogP contribution in [0.2, 0.25) is 0 Å². The van der Waals surface area contributed by atoms with Crippen molar-refractivity contribution in [2.75, 3.05) is 6.61 Å². The molecule has 0 aliphatic carbocycles. The summed E-state index contributed by atoms with van der Waals surface area (Å²) in [5, 5.41) is 22.5. The number of hydrogen-bond acceptors (Lipinski definition) is 3. The molecule has 0 saturated carbocycles. The summed E-state index contributed by atoms with van der Waals surface area (Å²) in [5.74, 6) is -0.0397. The second-order valence-corrected chi connectivity index (χ2v) is 11.9. The molecule has 228 valence electrons. The zero-order valence-electron chi connectivity index (χ0n) is 26.0. The molecule has 0 saturated heterocycles. The first-order valence-corrected chi connectivity index (χ1v) is 17.2. The van der Waals surface area contributed by atoms with Gasteiger partial charge in [0.05, 0.1) is 18.8 Å². The first kappa shape index (κ1) is 37.4. The molecule has 0 radical (unpaired) electrons. The fourth-order valence-corrected chi connectivity index (χ4v) is 5.42. The molecule has 0 aliphatic rings. The van der Waals surface area contributed by atoms with Crippen LogP contribution in [0.25, 0.3) is 0 Å². The Bertz CT molecular complexity index is 471. The van der Waals surface area contributed by atoms with Crippen LogP contribution < -0.4 is 5.32 Å². The van der Waals surface area contributed by atoms with Crippen LogP contribution >= 0.6 is 0 Å². The molecule has 38 heavy (non-hydrogen) atoms. The van der Waals surface area contributed by atoms with Crippen molar-refractivity contribution < 1.29 is 15.0 Å². The van der Waals surface area contributed by atoms with Gasteiger partial charge in [-0.1, -0.05) is 174 Å². The van der Waals surface area contributed by atoms with Gasteiger partial charge in [0.1, 0.15) is 0 Å². The minimum atomic E-state index is -0.648. The van der Waals surface area contributed by atoms with Gasteiger partial charge in [0.15, 0.2) is 0 Å². The Morgan fingerprint density at radius 3 is 1.18 bits per heavy atom. The van der Waals surface area contributed by atoms with Crippen molar-refractivity contribution in [1.82, 2.24) is 5.32 Å². The van der Waals surface area contributed by atoms with E-state index in [-0.39, 0.29) is 12.5 Å². The highest BCUT2D eigenvalue weighted by Crippen LogP contribution is 2.16. The highest BCUT2D eigenvalue weighted by atomic mass is 16.3. The lowest BCUT2D eigenvalue weighted by Gasteiger charge is -2.22. The van der Waals surface area contributed by atoms with Crippen molar-refractivity contribution in [3.05, 3.63) is 0 Å². The predicted octanol–water partition coefficient (Wildman–Crippen LogP) is 9.79. The van der Waals surface area contributed by atoms with E-state index in [1.807, 2.05) is 0 Å². The molecular formula is C34H69NO3. The normalized spacial score (nSPS) is 13.1. The van der Waals surface area contributed by atoms with Crippen LogP contribution in [0.5, 0.6) is 0 Å². The van der Waals surface area contributed by atoms with E-state index in [4.69, 9.17) is 0 Å². The van der Waals surface area contributed by atoms with Crippen molar-refractivity contribution in [2.45, 2.75) is 206 Å². The maximum absolute atomic E-state index is 12.1. The molecule has 0 spiro atoms. The van der Waals surface area contributed by atoms with Crippen molar-refractivity contribution in [1.29, 1.82) is 0 Å². The summed E-state index contributed by atoms with van der Waals surface area (Å²) >= 11 is 0. The molecule has 3 N–H and O–H groups in total. The number of aliphatic hydroxyl groups is 2. The third-order valence-corrected chi connectivity index (χ3v) is 8.12. The zero-order valence-corrected chi connectivity index (χ0v) is 26.0. The van der Waals surface area contributed by atoms with Gasteiger partial charge in [0.25, 0.3) is 0 Å². The fraction of sp³-hybridized carbons (Fsp3) is 0.971. The number of rotatable bonds is 31. The molecule has 1 amide bonds. The summed E-state index contributed by atoms with van der Waals surface area (Å²) < 4.78 is 0. The lowest BCUT2D eigenvalue weighted by atomic mass is 10.0. The molecule has 0 heterocycles. The molecule has 4 heteroatoms. The monoisotopic (exact) mass is 540 g/mol. The van der Waals surface area contributed by atoms with Gasteiger partial charge >= 0.3 is 0 Å². The van der Waals surface area contributed by atoms with Crippen molar-refractivity contribution in [3.8, 4) is 0 Å². The van der Waals surface area contributed by atoms with Gasteiger partial charge in [0.2, 0.25) is 5.91 Å². The standard InChI is InChI=1S/C34H69NO3/c1-3-5-7-8-9-10-11-12-13-14-15-16-17-18-19-20-21-22-23-24-25-26-28-30-34(38)35-32(31-36)33(37)29-27-6-4-2/h32-33,36-37H,3-31H2,1-2H3,(H,35,38). The van der Waals surface area contributed by atoms with E-state index in [0.29, 0.717) is 12.8 Å². The average molecular weight is 540 g/mol. The van der Waals surface area contributed by atoms with Crippen LogP contribution in [-0.2, 0) is 4.79 Å². The number of amides is 1. The SMILES string of the molecule is CCCCCCCCCCCCCCCCCCCCCCCCCC(=O)NC(CO)C(O)CCCCC. The Morgan fingerprint density at radius 2 is 0.842 bits per heavy atom. The Morgan fingerprint density at radius 1 is 0.526 bits per heavy atom. The number of hydrogen-bond donors (Lipinski definition) is 3. The van der Waals surface area contributed by atoms with E-state index in [0.717, 1.165) is 32.1 Å². The first-order valence-electron chi connectivity index (χ1n) is 17.2. The third kappa shape index (κ3) is 27.0. The van der Waals surface area contributed by atoms with Gasteiger partial charge in [-0.25, -0.2) is 0 Å². The van der Waals surface area contributed by atoms with Gasteiger partial charge in [-0.2, -0.15) is 0 Å². The first-order chi connectivity index (χ1) is 18.7. The molecule has 0 fully saturated rings. The highest BCUT2D eigenvalue weighted by molar-refractivity contribution is 5.76. The molecule has 0 aromatic carbocycles. The number of carbonyl (C=O) groups excluding carboxylic acids is 1. The number of carbonyl (C=O) groups is 1. The summed E-state index contributed by atoms with van der Waals surface area (Å²) in [6, 6.07) is -0.524. The smallest absolute Gasteiger partial charge is 0.220 e. The Kier molecular flexibility index (Phi) is 30.4. The lowest BCUT2D eigenvalue weighted by Crippen LogP contribution is -2.45. The largest absolute Gasteiger partial charge is 0.394 e. The molecule has 0 rings (SSSR count). The summed E-state index contributed by atoms with van der Waals surface area (Å²) in [7, 11) is 0. The van der Waals surface area contributed by atoms with Gasteiger partial charge < -0.3 is 15.5 Å². The average Bonchev–Trinajstić information content (AvgIpc) is 2.92. The van der Waals surface area contributed by atoms with E-state index in [1.165, 1.54) is 135 Å². The Balaban J connectivity index is 3.31. The molecule has 0 aromatic heterocycles. The Labute approximate surface area is 238 Å². The van der Waals surface area contributed by atoms with Crippen LogP contribution in [0.1, 0.15) is 194 Å². The van der Waals surface area contributed by atoms with Crippen LogP contribution in [0.4, 0.5) is 0 Å². The van der Waals surface area contributed by atoms with Gasteiger partial charge in [0, 0.05) is 6.42 Å². The van der Waals surface area contributed by atoms with Crippen LogP contribution in [-0.4, -0.2) is 34.9 Å². The lowest BCUT2D eigenvalue weighted by molar-refractivity contribution is -0.123. The van der Waals surface area contributed by atoms with Crippen LogP contribution in [0, 0.1) is 0 Å². The fourth-order valence-electron chi connectivity index (χ4n) is 5.42. The third-order valence-electron chi connectivity index (χ3n) is 8.12. The maximum atomic E-state index is 12.1. The molecule has 0 aliphatic heterocycles. The second-order valence-electron chi connectivity index (χ2n) is 11.9. The molecule has 2 atom stereocenters. The summed E-state index contributed by atoms with van der Waals surface area (Å²) in [6.45, 7) is 4.22. The Hall–Kier alpha value is -0.610. The predicted molar refractivity (Wildman–Crippen MR) is 166 cm³/mol. The van der Waals surface area contributed by atoms with Crippen molar-refractivity contribution >= 4 is 5.91 Å².